The molecule has 2 aromatic rings. The summed E-state index contributed by atoms with van der Waals surface area (Å²) in [4.78, 5) is 11.9. The van der Waals surface area contributed by atoms with E-state index in [0.717, 1.165) is 9.48 Å². The van der Waals surface area contributed by atoms with E-state index in [1.807, 2.05) is 6.92 Å². The van der Waals surface area contributed by atoms with Crippen molar-refractivity contribution >= 4 is 49.9 Å². The summed E-state index contributed by atoms with van der Waals surface area (Å²) in [6.45, 7) is 1.82. The van der Waals surface area contributed by atoms with E-state index in [4.69, 9.17) is 11.6 Å². The molecule has 1 N–H and O–H groups in total. The summed E-state index contributed by atoms with van der Waals surface area (Å²) in [6, 6.07) is 5.07. The van der Waals surface area contributed by atoms with Gasteiger partial charge in [-0.1, -0.05) is 38.9 Å². The van der Waals surface area contributed by atoms with Crippen molar-refractivity contribution in [2.75, 3.05) is 5.32 Å². The lowest BCUT2D eigenvalue weighted by Crippen LogP contribution is -2.12. The molecule has 1 amide bonds. The van der Waals surface area contributed by atoms with E-state index in [1.165, 1.54) is 11.3 Å². The summed E-state index contributed by atoms with van der Waals surface area (Å²) in [5.74, 6) is -0.293. The SMILES string of the molecule is Cc1nnc(NC(=O)c2ccc(Br)cc2Cl)s1. The molecule has 2 rings (SSSR count). The second-order valence-electron chi connectivity index (χ2n) is 3.20. The molecule has 0 radical (unpaired) electrons. The van der Waals surface area contributed by atoms with Crippen LogP contribution in [0.2, 0.25) is 5.02 Å². The third-order valence-electron chi connectivity index (χ3n) is 1.92. The number of carbonyl (C=O) groups is 1. The number of carbonyl (C=O) groups excluding carboxylic acids is 1. The van der Waals surface area contributed by atoms with Crippen molar-refractivity contribution in [3.63, 3.8) is 0 Å². The van der Waals surface area contributed by atoms with Gasteiger partial charge >= 0.3 is 0 Å². The average Bonchev–Trinajstić information content (AvgIpc) is 2.63. The molecule has 7 heteroatoms. The molecule has 17 heavy (non-hydrogen) atoms. The monoisotopic (exact) mass is 331 g/mol. The molecule has 1 aromatic heterocycles. The molecule has 0 fully saturated rings. The number of aromatic nitrogens is 2. The second-order valence-corrected chi connectivity index (χ2v) is 5.71. The molecule has 4 nitrogen and oxygen atoms in total. The van der Waals surface area contributed by atoms with E-state index >= 15 is 0 Å². The van der Waals surface area contributed by atoms with Crippen molar-refractivity contribution in [2.24, 2.45) is 0 Å². The van der Waals surface area contributed by atoms with Gasteiger partial charge in [-0.25, -0.2) is 0 Å². The van der Waals surface area contributed by atoms with Crippen LogP contribution >= 0.6 is 38.9 Å². The van der Waals surface area contributed by atoms with Crippen molar-refractivity contribution in [1.29, 1.82) is 0 Å². The molecule has 0 aliphatic rings. The molecule has 0 aliphatic heterocycles. The van der Waals surface area contributed by atoms with Crippen LogP contribution in [-0.4, -0.2) is 16.1 Å². The van der Waals surface area contributed by atoms with E-state index in [-0.39, 0.29) is 5.91 Å². The van der Waals surface area contributed by atoms with Gasteiger partial charge in [0, 0.05) is 4.47 Å². The van der Waals surface area contributed by atoms with Gasteiger partial charge in [-0.2, -0.15) is 0 Å². The number of aryl methyl sites for hydroxylation is 1. The molecule has 1 heterocycles. The van der Waals surface area contributed by atoms with Crippen molar-refractivity contribution < 1.29 is 4.79 Å². The van der Waals surface area contributed by atoms with Crippen LogP contribution in [0.25, 0.3) is 0 Å². The summed E-state index contributed by atoms with van der Waals surface area (Å²) >= 11 is 10.6. The zero-order valence-corrected chi connectivity index (χ0v) is 11.9. The highest BCUT2D eigenvalue weighted by molar-refractivity contribution is 9.10. The van der Waals surface area contributed by atoms with Crippen LogP contribution in [0.1, 0.15) is 15.4 Å². The van der Waals surface area contributed by atoms with Gasteiger partial charge in [0.25, 0.3) is 5.91 Å². The number of hydrogen-bond acceptors (Lipinski definition) is 4. The maximum absolute atomic E-state index is 11.9. The number of rotatable bonds is 2. The maximum Gasteiger partial charge on any atom is 0.259 e. The minimum absolute atomic E-state index is 0.293. The first-order chi connectivity index (χ1) is 8.06. The minimum atomic E-state index is -0.293. The zero-order chi connectivity index (χ0) is 12.4. The number of nitrogens with zero attached hydrogens (tertiary/aromatic N) is 2. The smallest absolute Gasteiger partial charge is 0.259 e. The third-order valence-corrected chi connectivity index (χ3v) is 3.48. The van der Waals surface area contributed by atoms with Crippen molar-refractivity contribution in [3.05, 3.63) is 38.3 Å². The lowest BCUT2D eigenvalue weighted by molar-refractivity contribution is 0.102. The van der Waals surface area contributed by atoms with Gasteiger partial charge < -0.3 is 0 Å². The Kier molecular flexibility index (Phi) is 3.76. The first kappa shape index (κ1) is 12.5. The predicted octanol–water partition coefficient (Wildman–Crippen LogP) is 3.51. The van der Waals surface area contributed by atoms with Crippen LogP contribution in [-0.2, 0) is 0 Å². The molecule has 88 valence electrons. The highest BCUT2D eigenvalue weighted by Gasteiger charge is 2.12. The van der Waals surface area contributed by atoms with Gasteiger partial charge in [-0.05, 0) is 25.1 Å². The quantitative estimate of drug-likeness (QED) is 0.915. The first-order valence-corrected chi connectivity index (χ1v) is 6.61. The number of hydrogen-bond donors (Lipinski definition) is 1. The fraction of sp³-hybridized carbons (Fsp3) is 0.100. The maximum atomic E-state index is 11.9. The first-order valence-electron chi connectivity index (χ1n) is 4.63. The van der Waals surface area contributed by atoms with Crippen molar-refractivity contribution in [1.82, 2.24) is 10.2 Å². The Balaban J connectivity index is 2.20. The molecule has 1 aromatic carbocycles. The number of halogens is 2. The van der Waals surface area contributed by atoms with E-state index in [1.54, 1.807) is 18.2 Å². The Bertz CT molecular complexity index is 572. The van der Waals surface area contributed by atoms with Crippen LogP contribution in [0.15, 0.2) is 22.7 Å². The van der Waals surface area contributed by atoms with Crippen LogP contribution in [0, 0.1) is 6.92 Å². The lowest BCUT2D eigenvalue weighted by Gasteiger charge is -2.03. The van der Waals surface area contributed by atoms with Crippen LogP contribution in [0.4, 0.5) is 5.13 Å². The van der Waals surface area contributed by atoms with E-state index < -0.39 is 0 Å². The Labute approximate surface area is 115 Å². The lowest BCUT2D eigenvalue weighted by atomic mass is 10.2. The van der Waals surface area contributed by atoms with Gasteiger partial charge in [0.15, 0.2) is 0 Å². The van der Waals surface area contributed by atoms with Crippen LogP contribution in [0.5, 0.6) is 0 Å². The van der Waals surface area contributed by atoms with Gasteiger partial charge in [-0.3, -0.25) is 10.1 Å². The van der Waals surface area contributed by atoms with Crippen LogP contribution in [0.3, 0.4) is 0 Å². The molecular formula is C10H7BrClN3OS. The molecule has 0 bridgehead atoms. The van der Waals surface area contributed by atoms with Gasteiger partial charge in [0.05, 0.1) is 10.6 Å². The van der Waals surface area contributed by atoms with Crippen LogP contribution < -0.4 is 5.32 Å². The molecule has 0 unspecified atom stereocenters. The molecule has 0 atom stereocenters. The molecule has 0 saturated heterocycles. The van der Waals surface area contributed by atoms with E-state index in [9.17, 15) is 4.79 Å². The average molecular weight is 333 g/mol. The fourth-order valence-electron chi connectivity index (χ4n) is 1.19. The van der Waals surface area contributed by atoms with Gasteiger partial charge in [-0.15, -0.1) is 10.2 Å². The molecule has 0 saturated carbocycles. The number of amides is 1. The van der Waals surface area contributed by atoms with E-state index in [2.05, 4.69) is 31.4 Å². The number of benzene rings is 1. The Morgan fingerprint density at radius 3 is 2.82 bits per heavy atom. The third kappa shape index (κ3) is 3.02. The summed E-state index contributed by atoms with van der Waals surface area (Å²) < 4.78 is 0.825. The van der Waals surface area contributed by atoms with Crippen molar-refractivity contribution in [2.45, 2.75) is 6.92 Å². The van der Waals surface area contributed by atoms with Gasteiger partial charge in [0.2, 0.25) is 5.13 Å². The second kappa shape index (κ2) is 5.12. The van der Waals surface area contributed by atoms with Gasteiger partial charge in [0.1, 0.15) is 5.01 Å². The zero-order valence-electron chi connectivity index (χ0n) is 8.70. The summed E-state index contributed by atoms with van der Waals surface area (Å²) in [5.41, 5.74) is 0.405. The topological polar surface area (TPSA) is 54.9 Å². The highest BCUT2D eigenvalue weighted by atomic mass is 79.9. The number of nitrogens with one attached hydrogen (secondary N) is 1. The Morgan fingerprint density at radius 1 is 1.47 bits per heavy atom. The molecular weight excluding hydrogens is 326 g/mol. The summed E-state index contributed by atoms with van der Waals surface area (Å²) in [5, 5.41) is 11.9. The Hall–Kier alpha value is -0.980. The van der Waals surface area contributed by atoms with E-state index in [0.29, 0.717) is 15.7 Å². The molecule has 0 aliphatic carbocycles. The Morgan fingerprint density at radius 2 is 2.24 bits per heavy atom. The standard InChI is InChI=1S/C10H7BrClN3OS/c1-5-14-15-10(17-5)13-9(16)7-3-2-6(11)4-8(7)12/h2-4H,1H3,(H,13,15,16). The summed E-state index contributed by atoms with van der Waals surface area (Å²) in [7, 11) is 0. The van der Waals surface area contributed by atoms with Crippen molar-refractivity contribution in [3.8, 4) is 0 Å². The number of anilines is 1. The highest BCUT2D eigenvalue weighted by Crippen LogP contribution is 2.23. The molecule has 0 spiro atoms. The summed E-state index contributed by atoms with van der Waals surface area (Å²) in [6.07, 6.45) is 0. The fourth-order valence-corrected chi connectivity index (χ4v) is 2.53. The minimum Gasteiger partial charge on any atom is -0.296 e. The largest absolute Gasteiger partial charge is 0.296 e. The predicted molar refractivity (Wildman–Crippen MR) is 71.8 cm³/mol. The normalized spacial score (nSPS) is 10.3.